The Balaban J connectivity index is 1.63. The van der Waals surface area contributed by atoms with Gasteiger partial charge in [0, 0.05) is 31.2 Å². The lowest BCUT2D eigenvalue weighted by Crippen LogP contribution is -2.37. The smallest absolute Gasteiger partial charge is 0.0726 e. The van der Waals surface area contributed by atoms with Crippen molar-refractivity contribution >= 4 is 16.6 Å². The fraction of sp³-hybridized carbons (Fsp3) is 0.571. The highest BCUT2D eigenvalue weighted by Gasteiger charge is 2.21. The third kappa shape index (κ3) is 3.14. The first-order valence-corrected chi connectivity index (χ1v) is 9.67. The molecule has 1 aromatic heterocycles. The molecule has 0 radical (unpaired) electrons. The summed E-state index contributed by atoms with van der Waals surface area (Å²) in [4.78, 5) is 10.1. The molecule has 2 aliphatic rings. The molecule has 2 heterocycles. The number of likely N-dealkylation sites (N-methyl/N-ethyl adjacent to an activating group) is 1. The minimum absolute atomic E-state index is 1.11. The summed E-state index contributed by atoms with van der Waals surface area (Å²) in [5.74, 6) is 0. The zero-order valence-corrected chi connectivity index (χ0v) is 14.9. The number of fused-ring (bicyclic) bond motifs is 2. The van der Waals surface area contributed by atoms with E-state index >= 15 is 0 Å². The van der Waals surface area contributed by atoms with Gasteiger partial charge in [0.2, 0.25) is 0 Å². The highest BCUT2D eigenvalue weighted by Crippen LogP contribution is 2.35. The molecule has 1 aliphatic carbocycles. The molecule has 4 rings (SSSR count). The van der Waals surface area contributed by atoms with Crippen LogP contribution in [0.2, 0.25) is 0 Å². The van der Waals surface area contributed by atoms with Gasteiger partial charge in [0.15, 0.2) is 0 Å². The molecule has 1 fully saturated rings. The lowest BCUT2D eigenvalue weighted by atomic mass is 9.92. The zero-order valence-electron chi connectivity index (χ0n) is 14.9. The van der Waals surface area contributed by atoms with Crippen LogP contribution in [0.5, 0.6) is 0 Å². The van der Waals surface area contributed by atoms with Crippen LogP contribution >= 0.6 is 0 Å². The predicted molar refractivity (Wildman–Crippen MR) is 102 cm³/mol. The van der Waals surface area contributed by atoms with E-state index in [9.17, 15) is 0 Å². The van der Waals surface area contributed by atoms with Crippen molar-refractivity contribution in [2.24, 2.45) is 0 Å². The minimum atomic E-state index is 1.11. The number of anilines is 1. The van der Waals surface area contributed by atoms with Crippen molar-refractivity contribution < 1.29 is 0 Å². The monoisotopic (exact) mass is 323 g/mol. The summed E-state index contributed by atoms with van der Waals surface area (Å²) < 4.78 is 0. The van der Waals surface area contributed by atoms with Gasteiger partial charge in [-0.25, -0.2) is 0 Å². The SMILES string of the molecule is CN(CCN1CCCCC1)c1c2c(nc3ccccc13)CCCC2. The van der Waals surface area contributed by atoms with Crippen LogP contribution in [-0.2, 0) is 12.8 Å². The Morgan fingerprint density at radius 1 is 1.00 bits per heavy atom. The second-order valence-electron chi connectivity index (χ2n) is 7.43. The number of aromatic nitrogens is 1. The van der Waals surface area contributed by atoms with E-state index in [4.69, 9.17) is 4.98 Å². The molecule has 0 bridgehead atoms. The first-order chi connectivity index (χ1) is 11.8. The van der Waals surface area contributed by atoms with Gasteiger partial charge < -0.3 is 9.80 Å². The number of benzene rings is 1. The summed E-state index contributed by atoms with van der Waals surface area (Å²) in [6, 6.07) is 8.69. The number of hydrogen-bond acceptors (Lipinski definition) is 3. The first kappa shape index (κ1) is 15.9. The average molecular weight is 323 g/mol. The van der Waals surface area contributed by atoms with Gasteiger partial charge >= 0.3 is 0 Å². The molecule has 0 N–H and O–H groups in total. The van der Waals surface area contributed by atoms with E-state index in [1.165, 1.54) is 80.5 Å². The van der Waals surface area contributed by atoms with Gasteiger partial charge in [-0.05, 0) is 63.2 Å². The summed E-state index contributed by atoms with van der Waals surface area (Å²) >= 11 is 0. The van der Waals surface area contributed by atoms with Crippen LogP contribution in [0.3, 0.4) is 0 Å². The molecule has 24 heavy (non-hydrogen) atoms. The summed E-state index contributed by atoms with van der Waals surface area (Å²) in [7, 11) is 2.28. The van der Waals surface area contributed by atoms with Crippen molar-refractivity contribution in [2.45, 2.75) is 44.9 Å². The maximum Gasteiger partial charge on any atom is 0.0726 e. The van der Waals surface area contributed by atoms with Crippen LogP contribution in [0.25, 0.3) is 10.9 Å². The van der Waals surface area contributed by atoms with E-state index in [0.717, 1.165) is 18.5 Å². The van der Waals surface area contributed by atoms with Crippen LogP contribution in [0.4, 0.5) is 5.69 Å². The van der Waals surface area contributed by atoms with Crippen molar-refractivity contribution in [3.8, 4) is 0 Å². The lowest BCUT2D eigenvalue weighted by Gasteiger charge is -2.31. The molecule has 0 saturated carbocycles. The van der Waals surface area contributed by atoms with Crippen molar-refractivity contribution in [3.63, 3.8) is 0 Å². The van der Waals surface area contributed by atoms with Crippen molar-refractivity contribution in [1.82, 2.24) is 9.88 Å². The van der Waals surface area contributed by atoms with Crippen molar-refractivity contribution in [2.75, 3.05) is 38.1 Å². The minimum Gasteiger partial charge on any atom is -0.372 e. The van der Waals surface area contributed by atoms with Gasteiger partial charge in [0.1, 0.15) is 0 Å². The van der Waals surface area contributed by atoms with Crippen LogP contribution in [0.1, 0.15) is 43.4 Å². The molecule has 0 spiro atoms. The van der Waals surface area contributed by atoms with E-state index in [2.05, 4.69) is 41.1 Å². The highest BCUT2D eigenvalue weighted by molar-refractivity contribution is 5.94. The second-order valence-corrected chi connectivity index (χ2v) is 7.43. The van der Waals surface area contributed by atoms with Crippen molar-refractivity contribution in [3.05, 3.63) is 35.5 Å². The molecule has 1 aromatic carbocycles. The number of nitrogens with zero attached hydrogens (tertiary/aromatic N) is 3. The van der Waals surface area contributed by atoms with Crippen LogP contribution < -0.4 is 4.90 Å². The van der Waals surface area contributed by atoms with E-state index < -0.39 is 0 Å². The first-order valence-electron chi connectivity index (χ1n) is 9.67. The molecule has 0 unspecified atom stereocenters. The summed E-state index contributed by atoms with van der Waals surface area (Å²) in [6.45, 7) is 4.86. The quantitative estimate of drug-likeness (QED) is 0.846. The Labute approximate surface area is 145 Å². The molecule has 1 saturated heterocycles. The number of hydrogen-bond donors (Lipinski definition) is 0. The summed E-state index contributed by atoms with van der Waals surface area (Å²) in [5, 5.41) is 1.33. The topological polar surface area (TPSA) is 19.4 Å². The largest absolute Gasteiger partial charge is 0.372 e. The maximum absolute atomic E-state index is 4.97. The van der Waals surface area contributed by atoms with Gasteiger partial charge in [-0.15, -0.1) is 0 Å². The third-order valence-corrected chi connectivity index (χ3v) is 5.72. The Morgan fingerprint density at radius 3 is 2.67 bits per heavy atom. The molecular weight excluding hydrogens is 294 g/mol. The van der Waals surface area contributed by atoms with Gasteiger partial charge in [0.25, 0.3) is 0 Å². The summed E-state index contributed by atoms with van der Waals surface area (Å²) in [6.07, 6.45) is 9.09. The van der Waals surface area contributed by atoms with Crippen LogP contribution in [0.15, 0.2) is 24.3 Å². The summed E-state index contributed by atoms with van der Waals surface area (Å²) in [5.41, 5.74) is 5.48. The standard InChI is InChI=1S/C21H29N3/c1-23(15-16-24-13-7-2-8-14-24)21-17-9-3-5-11-19(17)22-20-12-6-4-10-18(20)21/h3,5,9,11H,2,4,6-8,10,12-16H2,1H3. The van der Waals surface area contributed by atoms with Gasteiger partial charge in [-0.3, -0.25) is 4.98 Å². The van der Waals surface area contributed by atoms with Crippen LogP contribution in [0, 0.1) is 0 Å². The number of rotatable bonds is 4. The van der Waals surface area contributed by atoms with E-state index in [0.29, 0.717) is 0 Å². The van der Waals surface area contributed by atoms with E-state index in [1.807, 2.05) is 0 Å². The lowest BCUT2D eigenvalue weighted by molar-refractivity contribution is 0.234. The number of aryl methyl sites for hydroxylation is 1. The molecule has 3 heteroatoms. The normalized spacial score (nSPS) is 18.5. The molecule has 3 nitrogen and oxygen atoms in total. The fourth-order valence-electron chi connectivity index (χ4n) is 4.37. The molecule has 128 valence electrons. The van der Waals surface area contributed by atoms with Gasteiger partial charge in [0.05, 0.1) is 11.2 Å². The molecule has 0 atom stereocenters. The van der Waals surface area contributed by atoms with Crippen molar-refractivity contribution in [1.29, 1.82) is 0 Å². The number of likely N-dealkylation sites (tertiary alicyclic amines) is 1. The number of piperidine rings is 1. The number of para-hydroxylation sites is 1. The van der Waals surface area contributed by atoms with Crippen LogP contribution in [-0.4, -0.2) is 43.1 Å². The Kier molecular flexibility index (Phi) is 4.70. The highest BCUT2D eigenvalue weighted by atomic mass is 15.2. The Bertz CT molecular complexity index is 704. The maximum atomic E-state index is 4.97. The average Bonchev–Trinajstić information content (AvgIpc) is 2.65. The molecule has 0 amide bonds. The van der Waals surface area contributed by atoms with Gasteiger partial charge in [-0.1, -0.05) is 24.6 Å². The molecular formula is C21H29N3. The molecule has 2 aromatic rings. The van der Waals surface area contributed by atoms with E-state index in [-0.39, 0.29) is 0 Å². The van der Waals surface area contributed by atoms with E-state index in [1.54, 1.807) is 0 Å². The number of pyridine rings is 1. The zero-order chi connectivity index (χ0) is 16.4. The third-order valence-electron chi connectivity index (χ3n) is 5.72. The predicted octanol–water partition coefficient (Wildman–Crippen LogP) is 4.04. The Hall–Kier alpha value is -1.61. The van der Waals surface area contributed by atoms with Gasteiger partial charge in [-0.2, -0.15) is 0 Å². The second kappa shape index (κ2) is 7.10. The Morgan fingerprint density at radius 2 is 1.79 bits per heavy atom. The molecule has 1 aliphatic heterocycles. The fourth-order valence-corrected chi connectivity index (χ4v) is 4.37.